The largest absolute Gasteiger partial charge is 0.354 e. The van der Waals surface area contributed by atoms with E-state index in [1.165, 1.54) is 0 Å². The summed E-state index contributed by atoms with van der Waals surface area (Å²) in [4.78, 5) is 14.2. The maximum absolute atomic E-state index is 12.2. The fraction of sp³-hybridized carbons (Fsp3) is 0.316. The molecule has 2 aromatic rings. The van der Waals surface area contributed by atoms with Gasteiger partial charge in [-0.1, -0.05) is 60.7 Å². The van der Waals surface area contributed by atoms with Gasteiger partial charge in [0.15, 0.2) is 0 Å². The van der Waals surface area contributed by atoms with E-state index in [-0.39, 0.29) is 18.6 Å². The van der Waals surface area contributed by atoms with Crippen molar-refractivity contribution >= 4 is 5.91 Å². The number of nitrogens with zero attached hydrogens (tertiary/aromatic N) is 1. The van der Waals surface area contributed by atoms with Crippen LogP contribution in [-0.4, -0.2) is 30.0 Å². The first-order valence-electron chi connectivity index (χ1n) is 7.87. The molecule has 2 aliphatic heterocycles. The predicted molar refractivity (Wildman–Crippen MR) is 84.4 cm³/mol. The van der Waals surface area contributed by atoms with Crippen LogP contribution in [0.25, 0.3) is 0 Å². The molecule has 0 spiro atoms. The van der Waals surface area contributed by atoms with Crippen molar-refractivity contribution in [2.24, 2.45) is 0 Å². The van der Waals surface area contributed by atoms with Crippen molar-refractivity contribution in [3.8, 4) is 0 Å². The third-order valence-electron chi connectivity index (χ3n) is 4.87. The summed E-state index contributed by atoms with van der Waals surface area (Å²) in [5.74, 6) is 0.116. The first-order valence-corrected chi connectivity index (χ1v) is 7.87. The van der Waals surface area contributed by atoms with E-state index < -0.39 is 5.60 Å². The highest BCUT2D eigenvalue weighted by molar-refractivity contribution is 5.79. The number of hydrogen-bond acceptors (Lipinski definition) is 2. The Morgan fingerprint density at radius 1 is 0.955 bits per heavy atom. The molecular formula is C19H19NO2. The third-order valence-corrected chi connectivity index (χ3v) is 4.87. The van der Waals surface area contributed by atoms with Crippen LogP contribution >= 0.6 is 0 Å². The van der Waals surface area contributed by atoms with Crippen LogP contribution in [0.15, 0.2) is 60.7 Å². The Morgan fingerprint density at radius 3 is 2.14 bits per heavy atom. The van der Waals surface area contributed by atoms with Crippen molar-refractivity contribution in [1.29, 1.82) is 0 Å². The molecule has 2 aliphatic rings. The molecule has 0 aromatic heterocycles. The normalized spacial score (nSPS) is 23.4. The number of benzene rings is 2. The van der Waals surface area contributed by atoms with Gasteiger partial charge in [0.1, 0.15) is 12.2 Å². The monoisotopic (exact) mass is 293 g/mol. The van der Waals surface area contributed by atoms with Crippen LogP contribution < -0.4 is 0 Å². The molecule has 0 radical (unpaired) electrons. The van der Waals surface area contributed by atoms with Gasteiger partial charge in [-0.25, -0.2) is 0 Å². The van der Waals surface area contributed by atoms with Crippen molar-refractivity contribution in [1.82, 2.24) is 4.90 Å². The number of hydrogen-bond donors (Lipinski definition) is 0. The van der Waals surface area contributed by atoms with Gasteiger partial charge in [-0.05, 0) is 24.0 Å². The molecule has 0 bridgehead atoms. The van der Waals surface area contributed by atoms with Crippen LogP contribution in [-0.2, 0) is 15.1 Å². The standard InChI is InChI=1S/C19H19NO2/c21-18-14-22-19(15-8-3-1-4-9-15,16-10-5-2-6-11-16)17-12-7-13-20(17)18/h1-6,8-11,17H,7,12-14H2/t17-/m0/s1. The average Bonchev–Trinajstić information content (AvgIpc) is 3.08. The van der Waals surface area contributed by atoms with Crippen molar-refractivity contribution < 1.29 is 9.53 Å². The summed E-state index contributed by atoms with van der Waals surface area (Å²) in [5.41, 5.74) is 1.71. The summed E-state index contributed by atoms with van der Waals surface area (Å²) in [5, 5.41) is 0. The molecule has 22 heavy (non-hydrogen) atoms. The Balaban J connectivity index is 1.92. The molecule has 2 aromatic carbocycles. The second kappa shape index (κ2) is 5.25. The van der Waals surface area contributed by atoms with Crippen LogP contribution in [0.1, 0.15) is 24.0 Å². The number of morpholine rings is 1. The molecule has 1 amide bonds. The second-order valence-electron chi connectivity index (χ2n) is 6.00. The number of amides is 1. The van der Waals surface area contributed by atoms with E-state index in [1.54, 1.807) is 0 Å². The molecule has 2 heterocycles. The van der Waals surface area contributed by atoms with Crippen LogP contribution in [0.2, 0.25) is 0 Å². The molecule has 112 valence electrons. The third kappa shape index (κ3) is 1.89. The van der Waals surface area contributed by atoms with E-state index in [2.05, 4.69) is 24.3 Å². The molecule has 3 heteroatoms. The van der Waals surface area contributed by atoms with Crippen molar-refractivity contribution in [2.45, 2.75) is 24.5 Å². The highest BCUT2D eigenvalue weighted by Gasteiger charge is 2.52. The summed E-state index contributed by atoms with van der Waals surface area (Å²) < 4.78 is 6.27. The van der Waals surface area contributed by atoms with Crippen molar-refractivity contribution in [3.05, 3.63) is 71.8 Å². The number of carbonyl (C=O) groups excluding carboxylic acids is 1. The Hall–Kier alpha value is -2.13. The molecule has 0 aliphatic carbocycles. The first-order chi connectivity index (χ1) is 10.8. The van der Waals surface area contributed by atoms with Gasteiger partial charge in [-0.2, -0.15) is 0 Å². The zero-order valence-corrected chi connectivity index (χ0v) is 12.4. The summed E-state index contributed by atoms with van der Waals surface area (Å²) in [6, 6.07) is 20.7. The topological polar surface area (TPSA) is 29.5 Å². The van der Waals surface area contributed by atoms with Crippen LogP contribution in [0, 0.1) is 0 Å². The fourth-order valence-corrected chi connectivity index (χ4v) is 3.93. The average molecular weight is 293 g/mol. The summed E-state index contributed by atoms with van der Waals surface area (Å²) in [7, 11) is 0. The van der Waals surface area contributed by atoms with Gasteiger partial charge in [0.2, 0.25) is 5.91 Å². The van der Waals surface area contributed by atoms with E-state index in [9.17, 15) is 4.79 Å². The number of fused-ring (bicyclic) bond motifs is 1. The van der Waals surface area contributed by atoms with E-state index in [0.29, 0.717) is 0 Å². The van der Waals surface area contributed by atoms with Gasteiger partial charge in [-0.3, -0.25) is 4.79 Å². The van der Waals surface area contributed by atoms with Gasteiger partial charge in [0.25, 0.3) is 0 Å². The van der Waals surface area contributed by atoms with Crippen LogP contribution in [0.5, 0.6) is 0 Å². The Kier molecular flexibility index (Phi) is 3.23. The molecule has 0 saturated carbocycles. The Bertz CT molecular complexity index is 629. The zero-order valence-electron chi connectivity index (χ0n) is 12.4. The lowest BCUT2D eigenvalue weighted by molar-refractivity contribution is -0.167. The maximum atomic E-state index is 12.2. The van der Waals surface area contributed by atoms with Gasteiger partial charge in [0, 0.05) is 6.54 Å². The van der Waals surface area contributed by atoms with Crippen molar-refractivity contribution in [2.75, 3.05) is 13.2 Å². The fourth-order valence-electron chi connectivity index (χ4n) is 3.93. The quantitative estimate of drug-likeness (QED) is 0.852. The molecule has 2 saturated heterocycles. The smallest absolute Gasteiger partial charge is 0.249 e. The highest BCUT2D eigenvalue weighted by atomic mass is 16.5. The number of carbonyl (C=O) groups is 1. The highest BCUT2D eigenvalue weighted by Crippen LogP contribution is 2.45. The minimum atomic E-state index is -0.549. The van der Waals surface area contributed by atoms with Gasteiger partial charge in [-0.15, -0.1) is 0 Å². The number of ether oxygens (including phenoxy) is 1. The lowest BCUT2D eigenvalue weighted by atomic mass is 9.78. The van der Waals surface area contributed by atoms with E-state index >= 15 is 0 Å². The SMILES string of the molecule is O=C1COC(c2ccccc2)(c2ccccc2)[C@@H]2CCCN12. The maximum Gasteiger partial charge on any atom is 0.249 e. The predicted octanol–water partition coefficient (Wildman–Crippen LogP) is 2.95. The van der Waals surface area contributed by atoms with E-state index in [4.69, 9.17) is 4.74 Å². The molecule has 4 rings (SSSR count). The summed E-state index contributed by atoms with van der Waals surface area (Å²) >= 11 is 0. The Morgan fingerprint density at radius 2 is 1.55 bits per heavy atom. The molecule has 3 nitrogen and oxygen atoms in total. The lowest BCUT2D eigenvalue weighted by Crippen LogP contribution is -2.58. The summed E-state index contributed by atoms with van der Waals surface area (Å²) in [6.07, 6.45) is 2.02. The van der Waals surface area contributed by atoms with Crippen LogP contribution in [0.3, 0.4) is 0 Å². The van der Waals surface area contributed by atoms with Gasteiger partial charge >= 0.3 is 0 Å². The summed E-state index contributed by atoms with van der Waals surface area (Å²) in [6.45, 7) is 0.995. The zero-order chi connectivity index (χ0) is 15.0. The molecule has 0 N–H and O–H groups in total. The lowest BCUT2D eigenvalue weighted by Gasteiger charge is -2.47. The second-order valence-corrected chi connectivity index (χ2v) is 6.00. The minimum Gasteiger partial charge on any atom is -0.354 e. The Labute approximate surface area is 130 Å². The minimum absolute atomic E-state index is 0.0820. The number of rotatable bonds is 2. The molecular weight excluding hydrogens is 274 g/mol. The van der Waals surface area contributed by atoms with Gasteiger partial charge in [0.05, 0.1) is 6.04 Å². The van der Waals surface area contributed by atoms with Crippen molar-refractivity contribution in [3.63, 3.8) is 0 Å². The first kappa shape index (κ1) is 13.5. The van der Waals surface area contributed by atoms with E-state index in [0.717, 1.165) is 30.5 Å². The molecule has 0 unspecified atom stereocenters. The molecule has 1 atom stereocenters. The van der Waals surface area contributed by atoms with Gasteiger partial charge < -0.3 is 9.64 Å². The van der Waals surface area contributed by atoms with Crippen LogP contribution in [0.4, 0.5) is 0 Å². The van der Waals surface area contributed by atoms with E-state index in [1.807, 2.05) is 41.3 Å². The molecule has 2 fully saturated rings.